The number of rotatable bonds is 1. The van der Waals surface area contributed by atoms with Gasteiger partial charge >= 0.3 is 0 Å². The van der Waals surface area contributed by atoms with Crippen LogP contribution in [0, 0.1) is 0 Å². The molecule has 3 nitrogen and oxygen atoms in total. The van der Waals surface area contributed by atoms with Gasteiger partial charge in [-0.15, -0.1) is 0 Å². The maximum absolute atomic E-state index is 12.2. The SMILES string of the molecule is O=C1Nc2c(Cl)ccc(Cl)c2C1(O)c1ccccc1. The molecule has 0 saturated heterocycles. The molecule has 2 N–H and O–H groups in total. The molecule has 2 aromatic carbocycles. The number of anilines is 1. The summed E-state index contributed by atoms with van der Waals surface area (Å²) >= 11 is 12.2. The number of carbonyl (C=O) groups is 1. The minimum Gasteiger partial charge on any atom is -0.372 e. The number of halogens is 2. The zero-order valence-electron chi connectivity index (χ0n) is 9.65. The van der Waals surface area contributed by atoms with Crippen molar-refractivity contribution < 1.29 is 9.90 Å². The molecule has 1 aliphatic heterocycles. The highest BCUT2D eigenvalue weighted by atomic mass is 35.5. The zero-order valence-corrected chi connectivity index (χ0v) is 11.2. The van der Waals surface area contributed by atoms with Crippen LogP contribution in [-0.2, 0) is 10.4 Å². The van der Waals surface area contributed by atoms with Gasteiger partial charge in [-0.05, 0) is 17.7 Å². The molecule has 0 saturated carbocycles. The predicted octanol–water partition coefficient (Wildman–Crippen LogP) is 3.18. The van der Waals surface area contributed by atoms with Gasteiger partial charge in [-0.1, -0.05) is 53.5 Å². The molecule has 0 fully saturated rings. The molecular weight excluding hydrogens is 285 g/mol. The van der Waals surface area contributed by atoms with E-state index in [1.807, 2.05) is 0 Å². The first kappa shape index (κ1) is 12.5. The highest BCUT2D eigenvalue weighted by Gasteiger charge is 2.49. The Kier molecular flexibility index (Phi) is 2.78. The Hall–Kier alpha value is -1.55. The Labute approximate surface area is 119 Å². The van der Waals surface area contributed by atoms with Crippen LogP contribution in [0.1, 0.15) is 11.1 Å². The lowest BCUT2D eigenvalue weighted by Gasteiger charge is -2.22. The Morgan fingerprint density at radius 1 is 1.00 bits per heavy atom. The van der Waals surface area contributed by atoms with E-state index in [-0.39, 0.29) is 0 Å². The van der Waals surface area contributed by atoms with E-state index in [0.717, 1.165) is 0 Å². The minimum absolute atomic E-state index is 0.295. The lowest BCUT2D eigenvalue weighted by Crippen LogP contribution is -2.35. The summed E-state index contributed by atoms with van der Waals surface area (Å²) in [6, 6.07) is 11.8. The van der Waals surface area contributed by atoms with Crippen LogP contribution in [0.3, 0.4) is 0 Å². The quantitative estimate of drug-likeness (QED) is 0.848. The maximum atomic E-state index is 12.2. The third kappa shape index (κ3) is 1.66. The van der Waals surface area contributed by atoms with Crippen molar-refractivity contribution in [2.45, 2.75) is 5.60 Å². The van der Waals surface area contributed by atoms with Crippen molar-refractivity contribution in [3.05, 3.63) is 63.6 Å². The van der Waals surface area contributed by atoms with Gasteiger partial charge in [0, 0.05) is 10.6 Å². The standard InChI is InChI=1S/C14H9Cl2NO2/c15-9-6-7-10(16)12-11(9)14(19,13(18)17-12)8-4-2-1-3-5-8/h1-7,19H,(H,17,18). The van der Waals surface area contributed by atoms with Gasteiger partial charge in [-0.3, -0.25) is 4.79 Å². The number of benzene rings is 2. The van der Waals surface area contributed by atoms with Crippen LogP contribution in [0.5, 0.6) is 0 Å². The summed E-state index contributed by atoms with van der Waals surface area (Å²) in [5.41, 5.74) is -0.683. The summed E-state index contributed by atoms with van der Waals surface area (Å²) in [5, 5.41) is 14.1. The van der Waals surface area contributed by atoms with Crippen molar-refractivity contribution in [2.24, 2.45) is 0 Å². The molecule has 1 heterocycles. The Morgan fingerprint density at radius 3 is 2.32 bits per heavy atom. The second-order valence-electron chi connectivity index (χ2n) is 4.31. The highest BCUT2D eigenvalue weighted by molar-refractivity contribution is 6.38. The van der Waals surface area contributed by atoms with Crippen LogP contribution < -0.4 is 5.32 Å². The zero-order chi connectivity index (χ0) is 13.6. The van der Waals surface area contributed by atoms with Gasteiger partial charge in [0.1, 0.15) is 0 Å². The van der Waals surface area contributed by atoms with Crippen LogP contribution in [-0.4, -0.2) is 11.0 Å². The molecular formula is C14H9Cl2NO2. The molecule has 96 valence electrons. The number of hydrogen-bond acceptors (Lipinski definition) is 2. The maximum Gasteiger partial charge on any atom is 0.265 e. The topological polar surface area (TPSA) is 49.3 Å². The second-order valence-corrected chi connectivity index (χ2v) is 5.12. The van der Waals surface area contributed by atoms with E-state index in [1.54, 1.807) is 42.5 Å². The van der Waals surface area contributed by atoms with Crippen molar-refractivity contribution in [1.82, 2.24) is 0 Å². The van der Waals surface area contributed by atoms with Gasteiger partial charge in [-0.2, -0.15) is 0 Å². The van der Waals surface area contributed by atoms with Gasteiger partial charge in [0.15, 0.2) is 5.60 Å². The van der Waals surface area contributed by atoms with Crippen LogP contribution >= 0.6 is 23.2 Å². The largest absolute Gasteiger partial charge is 0.372 e. The van der Waals surface area contributed by atoms with E-state index in [4.69, 9.17) is 23.2 Å². The van der Waals surface area contributed by atoms with Crippen molar-refractivity contribution in [3.63, 3.8) is 0 Å². The smallest absolute Gasteiger partial charge is 0.265 e. The first-order valence-corrected chi connectivity index (χ1v) is 6.38. The molecule has 0 bridgehead atoms. The Balaban J connectivity index is 2.32. The first-order valence-electron chi connectivity index (χ1n) is 5.63. The average molecular weight is 294 g/mol. The van der Waals surface area contributed by atoms with E-state index in [9.17, 15) is 9.90 Å². The monoisotopic (exact) mass is 293 g/mol. The fraction of sp³-hybridized carbons (Fsp3) is 0.0714. The molecule has 1 atom stereocenters. The number of nitrogens with one attached hydrogen (secondary N) is 1. The van der Waals surface area contributed by atoms with Crippen LogP contribution in [0.25, 0.3) is 0 Å². The summed E-state index contributed by atoms with van der Waals surface area (Å²) < 4.78 is 0. The van der Waals surface area contributed by atoms with Gasteiger partial charge in [0.05, 0.1) is 10.7 Å². The number of hydrogen-bond donors (Lipinski definition) is 2. The van der Waals surface area contributed by atoms with E-state index in [0.29, 0.717) is 26.9 Å². The number of carbonyl (C=O) groups excluding carboxylic acids is 1. The van der Waals surface area contributed by atoms with Crippen LogP contribution in [0.2, 0.25) is 10.0 Å². The molecule has 5 heteroatoms. The third-order valence-corrected chi connectivity index (χ3v) is 3.85. The van der Waals surface area contributed by atoms with Crippen LogP contribution in [0.15, 0.2) is 42.5 Å². The molecule has 1 aliphatic rings. The van der Waals surface area contributed by atoms with Gasteiger partial charge in [0.25, 0.3) is 5.91 Å². The summed E-state index contributed by atoms with van der Waals surface area (Å²) in [5.74, 6) is -0.552. The summed E-state index contributed by atoms with van der Waals surface area (Å²) in [4.78, 5) is 12.2. The molecule has 19 heavy (non-hydrogen) atoms. The van der Waals surface area contributed by atoms with Gasteiger partial charge in [-0.25, -0.2) is 0 Å². The predicted molar refractivity (Wildman–Crippen MR) is 74.5 cm³/mol. The van der Waals surface area contributed by atoms with Crippen molar-refractivity contribution in [1.29, 1.82) is 0 Å². The summed E-state index contributed by atoms with van der Waals surface area (Å²) in [6.45, 7) is 0. The fourth-order valence-corrected chi connectivity index (χ4v) is 2.80. The van der Waals surface area contributed by atoms with E-state index in [2.05, 4.69) is 5.32 Å². The van der Waals surface area contributed by atoms with E-state index < -0.39 is 11.5 Å². The Morgan fingerprint density at radius 2 is 1.63 bits per heavy atom. The number of fused-ring (bicyclic) bond motifs is 1. The molecule has 2 aromatic rings. The van der Waals surface area contributed by atoms with Gasteiger partial charge in [0.2, 0.25) is 0 Å². The van der Waals surface area contributed by atoms with Crippen molar-refractivity contribution in [3.8, 4) is 0 Å². The van der Waals surface area contributed by atoms with Crippen molar-refractivity contribution >= 4 is 34.8 Å². The summed E-state index contributed by atoms with van der Waals surface area (Å²) in [6.07, 6.45) is 0. The highest BCUT2D eigenvalue weighted by Crippen LogP contribution is 2.47. The second kappa shape index (κ2) is 4.23. The summed E-state index contributed by atoms with van der Waals surface area (Å²) in [7, 11) is 0. The molecule has 1 unspecified atom stereocenters. The normalized spacial score (nSPS) is 21.1. The lowest BCUT2D eigenvalue weighted by molar-refractivity contribution is -0.129. The number of aliphatic hydroxyl groups is 1. The van der Waals surface area contributed by atoms with Crippen molar-refractivity contribution in [2.75, 3.05) is 5.32 Å². The minimum atomic E-state index is -1.81. The fourth-order valence-electron chi connectivity index (χ4n) is 2.30. The average Bonchev–Trinajstić information content (AvgIpc) is 2.70. The lowest BCUT2D eigenvalue weighted by atomic mass is 9.87. The van der Waals surface area contributed by atoms with Gasteiger partial charge < -0.3 is 10.4 Å². The molecule has 0 aliphatic carbocycles. The number of amides is 1. The Bertz CT molecular complexity index is 673. The molecule has 0 aromatic heterocycles. The first-order chi connectivity index (χ1) is 9.05. The third-order valence-electron chi connectivity index (χ3n) is 3.22. The van der Waals surface area contributed by atoms with E-state index >= 15 is 0 Å². The van der Waals surface area contributed by atoms with Crippen LogP contribution in [0.4, 0.5) is 5.69 Å². The molecule has 3 rings (SSSR count). The van der Waals surface area contributed by atoms with E-state index in [1.165, 1.54) is 0 Å². The molecule has 1 amide bonds. The molecule has 0 radical (unpaired) electrons. The molecule has 0 spiro atoms.